The van der Waals surface area contributed by atoms with Crippen molar-refractivity contribution >= 4 is 51.9 Å². The predicted octanol–water partition coefficient (Wildman–Crippen LogP) is 3.39. The lowest BCUT2D eigenvalue weighted by Gasteiger charge is -2.31. The summed E-state index contributed by atoms with van der Waals surface area (Å²) in [5.41, 5.74) is 1.62. The molecule has 2 N–H and O–H groups in total. The zero-order valence-electron chi connectivity index (χ0n) is 12.0. The molecule has 2 atom stereocenters. The van der Waals surface area contributed by atoms with Crippen molar-refractivity contribution in [3.05, 3.63) is 71.0 Å². The number of nitrogens with one attached hydrogen (secondary N) is 2. The summed E-state index contributed by atoms with van der Waals surface area (Å²) in [6.45, 7) is 0. The molecule has 0 bridgehead atoms. The average molecular weight is 359 g/mol. The molecule has 3 nitrogen and oxygen atoms in total. The van der Waals surface area contributed by atoms with Gasteiger partial charge in [-0.3, -0.25) is 5.41 Å². The maximum absolute atomic E-state index is 7.67. The lowest BCUT2D eigenvalue weighted by Crippen LogP contribution is -2.55. The Balaban J connectivity index is 2.17. The van der Waals surface area contributed by atoms with E-state index in [2.05, 4.69) is 11.2 Å². The van der Waals surface area contributed by atoms with Crippen molar-refractivity contribution in [2.75, 3.05) is 0 Å². The van der Waals surface area contributed by atoms with Crippen LogP contribution >= 0.6 is 36.0 Å². The van der Waals surface area contributed by atoms with Gasteiger partial charge in [0.05, 0.1) is 11.5 Å². The van der Waals surface area contributed by atoms with Gasteiger partial charge in [0.15, 0.2) is 17.4 Å². The van der Waals surface area contributed by atoms with Crippen LogP contribution in [-0.2, 0) is 0 Å². The fraction of sp³-hybridized carbons (Fsp3) is 0.118. The Morgan fingerprint density at radius 2 is 1.74 bits per heavy atom. The van der Waals surface area contributed by atoms with Gasteiger partial charge in [0.1, 0.15) is 4.99 Å². The van der Waals surface area contributed by atoms with Gasteiger partial charge in [-0.2, -0.15) is 4.57 Å². The van der Waals surface area contributed by atoms with E-state index in [4.69, 9.17) is 41.4 Å². The minimum atomic E-state index is -0.182. The van der Waals surface area contributed by atoms with Crippen molar-refractivity contribution < 1.29 is 4.57 Å². The molecule has 0 spiro atoms. The van der Waals surface area contributed by atoms with Crippen LogP contribution in [0, 0.1) is 5.41 Å². The highest BCUT2D eigenvalue weighted by atomic mass is 35.5. The zero-order valence-corrected chi connectivity index (χ0v) is 14.4. The minimum Gasteiger partial charge on any atom is -0.335 e. The molecule has 3 rings (SSSR count). The monoisotopic (exact) mass is 358 g/mol. The number of piperidine rings is 1. The number of hydrogen-bond acceptors (Lipinski definition) is 3. The van der Waals surface area contributed by atoms with Crippen LogP contribution < -0.4 is 9.88 Å². The van der Waals surface area contributed by atoms with Crippen molar-refractivity contribution in [2.45, 2.75) is 12.0 Å². The molecular formula is C17H13ClN3S2+. The van der Waals surface area contributed by atoms with E-state index in [1.165, 1.54) is 0 Å². The molecule has 1 fully saturated rings. The Kier molecular flexibility index (Phi) is 4.64. The Labute approximate surface area is 150 Å². The molecule has 1 aromatic carbocycles. The SMILES string of the molecule is N=C=C1C(=S)NC(=S)[C@@H]([n+]2ccccc2)[C@@H]1c1ccc(Cl)cc1. The van der Waals surface area contributed by atoms with E-state index < -0.39 is 0 Å². The van der Waals surface area contributed by atoms with Gasteiger partial charge < -0.3 is 5.32 Å². The van der Waals surface area contributed by atoms with Crippen LogP contribution in [0.3, 0.4) is 0 Å². The Bertz CT molecular complexity index is 811. The molecule has 1 saturated heterocycles. The summed E-state index contributed by atoms with van der Waals surface area (Å²) in [5.74, 6) is 2.31. The molecule has 6 heteroatoms. The van der Waals surface area contributed by atoms with Crippen LogP contribution in [0.1, 0.15) is 17.5 Å². The lowest BCUT2D eigenvalue weighted by molar-refractivity contribution is -0.708. The van der Waals surface area contributed by atoms with Crippen molar-refractivity contribution in [1.29, 1.82) is 5.41 Å². The van der Waals surface area contributed by atoms with E-state index in [1.54, 1.807) is 0 Å². The lowest BCUT2D eigenvalue weighted by atomic mass is 9.82. The first-order chi connectivity index (χ1) is 11.1. The van der Waals surface area contributed by atoms with Crippen molar-refractivity contribution in [1.82, 2.24) is 5.32 Å². The predicted molar refractivity (Wildman–Crippen MR) is 99.4 cm³/mol. The Morgan fingerprint density at radius 1 is 1.09 bits per heavy atom. The summed E-state index contributed by atoms with van der Waals surface area (Å²) >= 11 is 16.9. The number of aromatic nitrogens is 1. The summed E-state index contributed by atoms with van der Waals surface area (Å²) in [7, 11) is 0. The van der Waals surface area contributed by atoms with E-state index in [1.807, 2.05) is 59.4 Å². The van der Waals surface area contributed by atoms with Crippen LogP contribution in [0.5, 0.6) is 0 Å². The number of benzene rings is 1. The van der Waals surface area contributed by atoms with Gasteiger partial charge in [-0.05, 0) is 23.6 Å². The molecule has 0 unspecified atom stereocenters. The van der Waals surface area contributed by atoms with Gasteiger partial charge in [-0.15, -0.1) is 0 Å². The van der Waals surface area contributed by atoms with Crippen LogP contribution in [0.15, 0.2) is 60.4 Å². The molecule has 0 radical (unpaired) electrons. The third kappa shape index (κ3) is 3.09. The van der Waals surface area contributed by atoms with Crippen LogP contribution in [-0.4, -0.2) is 15.8 Å². The first-order valence-electron chi connectivity index (χ1n) is 6.98. The summed E-state index contributed by atoms with van der Waals surface area (Å²) in [5, 5.41) is 11.4. The number of nitrogens with zero attached hydrogens (tertiary/aromatic N) is 1. The van der Waals surface area contributed by atoms with Crippen LogP contribution in [0.25, 0.3) is 0 Å². The topological polar surface area (TPSA) is 39.8 Å². The summed E-state index contributed by atoms with van der Waals surface area (Å²) < 4.78 is 2.02. The second-order valence-corrected chi connectivity index (χ2v) is 6.44. The Morgan fingerprint density at radius 3 is 2.35 bits per heavy atom. The van der Waals surface area contributed by atoms with Crippen molar-refractivity contribution in [2.24, 2.45) is 0 Å². The molecule has 23 heavy (non-hydrogen) atoms. The van der Waals surface area contributed by atoms with Crippen molar-refractivity contribution in [3.8, 4) is 0 Å². The molecule has 114 valence electrons. The first-order valence-corrected chi connectivity index (χ1v) is 8.17. The highest BCUT2D eigenvalue weighted by Gasteiger charge is 2.43. The second-order valence-electron chi connectivity index (χ2n) is 5.15. The molecule has 0 amide bonds. The molecule has 2 heterocycles. The quantitative estimate of drug-likeness (QED) is 0.374. The fourth-order valence-corrected chi connectivity index (χ4v) is 3.60. The number of thiocarbonyl (C=S) groups is 2. The fourth-order valence-electron chi connectivity index (χ4n) is 2.76. The van der Waals surface area contributed by atoms with E-state index in [0.29, 0.717) is 20.6 Å². The van der Waals surface area contributed by atoms with Crippen LogP contribution in [0.4, 0.5) is 0 Å². The number of pyridine rings is 1. The first kappa shape index (κ1) is 16.0. The van der Waals surface area contributed by atoms with Gasteiger partial charge in [0, 0.05) is 17.2 Å². The number of rotatable bonds is 2. The summed E-state index contributed by atoms with van der Waals surface area (Å²) in [6.07, 6.45) is 3.91. The molecule has 0 aliphatic carbocycles. The highest BCUT2D eigenvalue weighted by Crippen LogP contribution is 2.36. The largest absolute Gasteiger partial charge is 0.335 e. The Hall–Kier alpha value is -1.91. The molecule has 1 aliphatic rings. The van der Waals surface area contributed by atoms with Crippen LogP contribution in [0.2, 0.25) is 5.02 Å². The standard InChI is InChI=1S/C17H12ClN3S2/c18-12-6-4-11(5-7-12)14-13(10-19)16(22)20-17(23)15(14)21-8-2-1-3-9-21/h1-9,14-15,19H/p+1/t14-,15+/m1/s1. The summed E-state index contributed by atoms with van der Waals surface area (Å²) in [6, 6.07) is 13.2. The summed E-state index contributed by atoms with van der Waals surface area (Å²) in [4.78, 5) is 1.09. The van der Waals surface area contributed by atoms with Crippen molar-refractivity contribution in [3.63, 3.8) is 0 Å². The molecule has 0 saturated carbocycles. The number of hydrogen-bond donors (Lipinski definition) is 2. The maximum atomic E-state index is 7.67. The third-order valence-corrected chi connectivity index (χ3v) is 4.72. The van der Waals surface area contributed by atoms with E-state index in [0.717, 1.165) is 5.56 Å². The molecule has 1 aliphatic heterocycles. The van der Waals surface area contributed by atoms with Gasteiger partial charge >= 0.3 is 0 Å². The van der Waals surface area contributed by atoms with Gasteiger partial charge in [0.2, 0.25) is 6.04 Å². The van der Waals surface area contributed by atoms with Gasteiger partial charge in [-0.1, -0.05) is 54.2 Å². The molecule has 2 aromatic rings. The van der Waals surface area contributed by atoms with E-state index >= 15 is 0 Å². The third-order valence-electron chi connectivity index (χ3n) is 3.80. The zero-order chi connectivity index (χ0) is 16.4. The average Bonchev–Trinajstić information content (AvgIpc) is 2.56. The van der Waals surface area contributed by atoms with Gasteiger partial charge in [0.25, 0.3) is 0 Å². The molecule has 1 aromatic heterocycles. The normalized spacial score (nSPS) is 20.8. The van der Waals surface area contributed by atoms with E-state index in [-0.39, 0.29) is 12.0 Å². The van der Waals surface area contributed by atoms with Gasteiger partial charge in [-0.25, -0.2) is 0 Å². The molecular weight excluding hydrogens is 346 g/mol. The maximum Gasteiger partial charge on any atom is 0.219 e. The smallest absolute Gasteiger partial charge is 0.219 e. The minimum absolute atomic E-state index is 0.174. The highest BCUT2D eigenvalue weighted by molar-refractivity contribution is 7.82. The second kappa shape index (κ2) is 6.69. The number of halogens is 1. The van der Waals surface area contributed by atoms with E-state index in [9.17, 15) is 0 Å².